The summed E-state index contributed by atoms with van der Waals surface area (Å²) in [6.45, 7) is 9.34. The fourth-order valence-corrected chi connectivity index (χ4v) is 20.6. The molecule has 0 N–H and O–H groups in total. The van der Waals surface area contributed by atoms with Crippen LogP contribution < -0.4 is 33.8 Å². The van der Waals surface area contributed by atoms with Gasteiger partial charge < -0.3 is 33.8 Å². The highest BCUT2D eigenvalue weighted by atomic mass is 16.5. The average Bonchev–Trinajstić information content (AvgIpc) is 1.59. The lowest BCUT2D eigenvalue weighted by Crippen LogP contribution is -2.16. The highest BCUT2D eigenvalue weighted by molar-refractivity contribution is 5.98. The molecule has 0 unspecified atom stereocenters. The molecular formula is C130H102N4O3. The van der Waals surface area contributed by atoms with Gasteiger partial charge in [-0.15, -0.1) is 0 Å². The van der Waals surface area contributed by atoms with Gasteiger partial charge in [-0.3, -0.25) is 0 Å². The second-order valence-corrected chi connectivity index (χ2v) is 36.8. The summed E-state index contributed by atoms with van der Waals surface area (Å²) in [6, 6.07) is 168. The SMILES string of the molecule is CN(c1ccc(-c2ccccc2)cc1)c1ccc2c(c1)-c1ccccc1Oc1ccccc1-2.CN(c1ccc2c(c1)-c1ccccc1Oc1ccccc1-2)c1ccc2c(c1)C(C)(C)c1ccccc1-2.CN(c1ccc2c(c1)-c1ccccc1Oc1ccccc1-2)c1ccccc1-c1ccccc1.CN(c1ccc2c(c1)C(C)(C)c1ccccc1-2)c1ccccc1-c1ccc(-c2ccccc2)cc1. The first-order valence-corrected chi connectivity index (χ1v) is 47.1. The van der Waals surface area contributed by atoms with Crippen LogP contribution in [-0.2, 0) is 10.8 Å². The molecule has 0 atom stereocenters. The van der Waals surface area contributed by atoms with Crippen molar-refractivity contribution in [1.29, 1.82) is 0 Å². The highest BCUT2D eigenvalue weighted by Crippen LogP contribution is 2.56. The van der Waals surface area contributed by atoms with E-state index in [-0.39, 0.29) is 10.8 Å². The van der Waals surface area contributed by atoms with Gasteiger partial charge in [-0.2, -0.15) is 0 Å². The minimum absolute atomic E-state index is 0.00440. The summed E-state index contributed by atoms with van der Waals surface area (Å²) in [5.41, 5.74) is 43.9. The van der Waals surface area contributed by atoms with Crippen LogP contribution in [0.1, 0.15) is 49.9 Å². The van der Waals surface area contributed by atoms with Gasteiger partial charge in [0.25, 0.3) is 0 Å². The molecule has 20 aromatic rings. The molecule has 3 aliphatic heterocycles. The molecule has 137 heavy (non-hydrogen) atoms. The van der Waals surface area contributed by atoms with Crippen LogP contribution in [0.2, 0.25) is 0 Å². The van der Waals surface area contributed by atoms with Crippen molar-refractivity contribution < 1.29 is 14.2 Å². The molecule has 25 rings (SSSR count). The first-order chi connectivity index (χ1) is 67.1. The summed E-state index contributed by atoms with van der Waals surface area (Å²) < 4.78 is 19.0. The Labute approximate surface area is 804 Å². The molecular weight excluding hydrogens is 1670 g/mol. The van der Waals surface area contributed by atoms with Crippen molar-refractivity contribution in [2.24, 2.45) is 0 Å². The van der Waals surface area contributed by atoms with Crippen LogP contribution in [0.5, 0.6) is 34.5 Å². The van der Waals surface area contributed by atoms with E-state index in [1.807, 2.05) is 72.8 Å². The Kier molecular flexibility index (Phi) is 22.6. The minimum atomic E-state index is -0.0173. The van der Waals surface area contributed by atoms with Crippen molar-refractivity contribution in [2.45, 2.75) is 38.5 Å². The van der Waals surface area contributed by atoms with Gasteiger partial charge in [-0.05, 0) is 233 Å². The molecule has 20 aromatic carbocycles. The summed E-state index contributed by atoms with van der Waals surface area (Å²) in [5, 5.41) is 0. The molecule has 3 heterocycles. The zero-order valence-electron chi connectivity index (χ0n) is 78.0. The Morgan fingerprint density at radius 3 is 0.708 bits per heavy atom. The lowest BCUT2D eigenvalue weighted by Gasteiger charge is -2.26. The first kappa shape index (κ1) is 85.5. The van der Waals surface area contributed by atoms with Gasteiger partial charge in [0, 0.05) is 129 Å². The van der Waals surface area contributed by atoms with Gasteiger partial charge in [-0.1, -0.05) is 380 Å². The number of rotatable bonds is 12. The van der Waals surface area contributed by atoms with Crippen LogP contribution in [0, 0.1) is 0 Å². The van der Waals surface area contributed by atoms with Crippen LogP contribution >= 0.6 is 0 Å². The zero-order chi connectivity index (χ0) is 92.8. The summed E-state index contributed by atoms with van der Waals surface area (Å²) >= 11 is 0. The Morgan fingerprint density at radius 2 is 0.358 bits per heavy atom. The highest BCUT2D eigenvalue weighted by Gasteiger charge is 2.38. The molecule has 0 saturated carbocycles. The van der Waals surface area contributed by atoms with E-state index >= 15 is 0 Å². The lowest BCUT2D eigenvalue weighted by molar-refractivity contribution is 0.487. The number of hydrogen-bond acceptors (Lipinski definition) is 7. The quantitative estimate of drug-likeness (QED) is 0.121. The van der Waals surface area contributed by atoms with Crippen LogP contribution in [0.15, 0.2) is 473 Å². The van der Waals surface area contributed by atoms with Crippen molar-refractivity contribution in [3.8, 4) is 168 Å². The number of hydrogen-bond donors (Lipinski definition) is 0. The van der Waals surface area contributed by atoms with E-state index in [0.717, 1.165) is 90.6 Å². The second kappa shape index (κ2) is 36.2. The normalized spacial score (nSPS) is 12.5. The van der Waals surface area contributed by atoms with Crippen molar-refractivity contribution in [3.05, 3.63) is 495 Å². The molecule has 660 valence electrons. The molecule has 0 amide bonds. The van der Waals surface area contributed by atoms with E-state index in [0.29, 0.717) is 0 Å². The van der Waals surface area contributed by atoms with Gasteiger partial charge >= 0.3 is 0 Å². The number of anilines is 8. The van der Waals surface area contributed by atoms with Crippen molar-refractivity contribution in [1.82, 2.24) is 0 Å². The maximum absolute atomic E-state index is 6.36. The molecule has 2 aliphatic carbocycles. The maximum atomic E-state index is 6.36. The van der Waals surface area contributed by atoms with Gasteiger partial charge in [0.2, 0.25) is 0 Å². The van der Waals surface area contributed by atoms with Gasteiger partial charge in [0.1, 0.15) is 34.5 Å². The summed E-state index contributed by atoms with van der Waals surface area (Å²) in [6.07, 6.45) is 0. The van der Waals surface area contributed by atoms with E-state index in [1.165, 1.54) is 145 Å². The zero-order valence-corrected chi connectivity index (χ0v) is 78.0. The summed E-state index contributed by atoms with van der Waals surface area (Å²) in [5.74, 6) is 5.33. The third kappa shape index (κ3) is 16.1. The molecule has 0 radical (unpaired) electrons. The van der Waals surface area contributed by atoms with Crippen LogP contribution in [0.25, 0.3) is 134 Å². The fourth-order valence-electron chi connectivity index (χ4n) is 20.6. The molecule has 0 spiro atoms. The number of ether oxygens (including phenoxy) is 3. The monoisotopic (exact) mass is 1770 g/mol. The maximum Gasteiger partial charge on any atom is 0.135 e. The van der Waals surface area contributed by atoms with E-state index in [4.69, 9.17) is 14.2 Å². The smallest absolute Gasteiger partial charge is 0.135 e. The van der Waals surface area contributed by atoms with Gasteiger partial charge in [0.05, 0.1) is 0 Å². The molecule has 0 fully saturated rings. The van der Waals surface area contributed by atoms with E-state index in [1.54, 1.807) is 0 Å². The van der Waals surface area contributed by atoms with Crippen molar-refractivity contribution in [3.63, 3.8) is 0 Å². The average molecular weight is 1770 g/mol. The summed E-state index contributed by atoms with van der Waals surface area (Å²) in [7, 11) is 8.59. The predicted molar refractivity (Wildman–Crippen MR) is 573 cm³/mol. The van der Waals surface area contributed by atoms with Crippen LogP contribution in [0.3, 0.4) is 0 Å². The minimum Gasteiger partial charge on any atom is -0.456 e. The predicted octanol–water partition coefficient (Wildman–Crippen LogP) is 35.4. The Balaban J connectivity index is 0.000000106. The first-order valence-electron chi connectivity index (χ1n) is 47.1. The molecule has 7 heteroatoms. The largest absolute Gasteiger partial charge is 0.456 e. The molecule has 0 aromatic heterocycles. The lowest BCUT2D eigenvalue weighted by atomic mass is 9.82. The standard InChI is InChI=1S/C34H27NO.C34H29N.2C31H23NO/c1-34(2)30-13-7-4-10-25(30)26-19-17-23(21-31(26)34)35(3)22-16-18-24-27-11-5-8-14-32(27)36-33-15-9-6-12-28(33)29(24)20-22;1-34(2)31-15-9-7-14-29(31)30-22-21-27(23-32(30)34)35(3)33-16-10-8-13-28(33)26-19-17-25(18-20-26)24-11-5-4-6-12-24;1-32(29-16-8-5-13-24(29)22-11-3-2-4-12-22)23-19-20-25-26-14-6-9-17-30(26)33-31-18-10-7-15-27(31)28(25)21-23;1-32(24-17-15-23(16-18-24)22-9-3-2-4-10-22)25-19-20-26-27-11-5-7-13-30(27)33-31-14-8-6-12-28(31)29(26)21-25/h4-21H,1-3H3;4-23H,1-3H3;2*2-21H,1H3. The Bertz CT molecular complexity index is 7940. The topological polar surface area (TPSA) is 40.6 Å². The number of benzene rings is 20. The van der Waals surface area contributed by atoms with Gasteiger partial charge in [0.15, 0.2) is 0 Å². The Morgan fingerprint density at radius 1 is 0.146 bits per heavy atom. The fraction of sp³-hybridized carbons (Fsp3) is 0.0769. The van der Waals surface area contributed by atoms with Crippen LogP contribution in [0.4, 0.5) is 45.5 Å². The van der Waals surface area contributed by atoms with Gasteiger partial charge in [-0.25, -0.2) is 0 Å². The summed E-state index contributed by atoms with van der Waals surface area (Å²) in [4.78, 5) is 9.11. The van der Waals surface area contributed by atoms with Crippen molar-refractivity contribution in [2.75, 3.05) is 47.8 Å². The van der Waals surface area contributed by atoms with E-state index in [2.05, 4.69) is 476 Å². The molecule has 5 aliphatic rings. The molecule has 0 saturated heterocycles. The number of nitrogens with zero attached hydrogens (tertiary/aromatic N) is 4. The van der Waals surface area contributed by atoms with Crippen molar-refractivity contribution >= 4 is 45.5 Å². The third-order valence-electron chi connectivity index (χ3n) is 28.1. The van der Waals surface area contributed by atoms with E-state index in [9.17, 15) is 0 Å². The Hall–Kier alpha value is -17.0. The number of fused-ring (bicyclic) bond motifs is 21. The second-order valence-electron chi connectivity index (χ2n) is 36.8. The number of para-hydroxylation sites is 8. The third-order valence-corrected chi connectivity index (χ3v) is 28.1. The van der Waals surface area contributed by atoms with Crippen LogP contribution in [-0.4, -0.2) is 28.2 Å². The molecule has 7 nitrogen and oxygen atoms in total. The molecule has 0 bridgehead atoms. The van der Waals surface area contributed by atoms with E-state index < -0.39 is 0 Å².